The van der Waals surface area contributed by atoms with Crippen LogP contribution in [0.3, 0.4) is 0 Å². The maximum Gasteiger partial charge on any atom is 0.322 e. The molecule has 156 valence electrons. The number of sulfonamides is 1. The van der Waals surface area contributed by atoms with Crippen molar-refractivity contribution >= 4 is 22.0 Å². The summed E-state index contributed by atoms with van der Waals surface area (Å²) in [6.45, 7) is 1.47. The Bertz CT molecular complexity index is 1130. The molecule has 9 heteroatoms. The zero-order chi connectivity index (χ0) is 21.9. The van der Waals surface area contributed by atoms with E-state index < -0.39 is 33.5 Å². The maximum atomic E-state index is 13.1. The van der Waals surface area contributed by atoms with E-state index in [0.29, 0.717) is 0 Å². The van der Waals surface area contributed by atoms with Crippen molar-refractivity contribution in [2.24, 2.45) is 0 Å². The molecule has 0 aromatic heterocycles. The number of hydrogen-bond donors (Lipinski definition) is 3. The minimum atomic E-state index is -4.01. The van der Waals surface area contributed by atoms with E-state index in [4.69, 9.17) is 11.2 Å². The van der Waals surface area contributed by atoms with Gasteiger partial charge in [0.2, 0.25) is 10.0 Å². The number of carbonyl (C=O) groups is 2. The normalized spacial score (nSPS) is 19.5. The summed E-state index contributed by atoms with van der Waals surface area (Å²) >= 11 is 0. The first-order valence-corrected chi connectivity index (χ1v) is 10.5. The summed E-state index contributed by atoms with van der Waals surface area (Å²) in [5, 5.41) is 4.67. The molecule has 3 rings (SSSR count). The van der Waals surface area contributed by atoms with E-state index in [0.717, 1.165) is 5.56 Å². The van der Waals surface area contributed by atoms with Gasteiger partial charge in [-0.1, -0.05) is 30.3 Å². The van der Waals surface area contributed by atoms with E-state index in [1.165, 1.54) is 32.2 Å². The quantitative estimate of drug-likeness (QED) is 0.461. The van der Waals surface area contributed by atoms with Crippen LogP contribution in [0.1, 0.15) is 30.5 Å². The van der Waals surface area contributed by atoms with Gasteiger partial charge in [-0.3, -0.25) is 10.1 Å². The van der Waals surface area contributed by atoms with Crippen LogP contribution in [0.5, 0.6) is 5.75 Å². The Morgan fingerprint density at radius 1 is 1.20 bits per heavy atom. The van der Waals surface area contributed by atoms with Crippen LogP contribution < -0.4 is 20.1 Å². The first-order chi connectivity index (χ1) is 14.2. The van der Waals surface area contributed by atoms with E-state index in [-0.39, 0.29) is 22.6 Å². The Morgan fingerprint density at radius 2 is 1.90 bits per heavy atom. The molecule has 2 aromatic carbocycles. The number of ether oxygens (including phenoxy) is 1. The van der Waals surface area contributed by atoms with Crippen molar-refractivity contribution in [2.75, 3.05) is 7.11 Å². The van der Waals surface area contributed by atoms with E-state index >= 15 is 0 Å². The number of methoxy groups -OCH3 is 1. The summed E-state index contributed by atoms with van der Waals surface area (Å²) in [4.78, 5) is 23.9. The van der Waals surface area contributed by atoms with Gasteiger partial charge >= 0.3 is 6.03 Å². The van der Waals surface area contributed by atoms with Crippen LogP contribution in [0.15, 0.2) is 53.4 Å². The van der Waals surface area contributed by atoms with Crippen LogP contribution >= 0.6 is 0 Å². The highest BCUT2D eigenvalue weighted by Gasteiger charge is 2.45. The Balaban J connectivity index is 2.01. The fourth-order valence-electron chi connectivity index (χ4n) is 3.26. The Labute approximate surface area is 175 Å². The van der Waals surface area contributed by atoms with Crippen molar-refractivity contribution in [3.63, 3.8) is 0 Å². The van der Waals surface area contributed by atoms with Crippen LogP contribution in [0.25, 0.3) is 0 Å². The molecule has 8 nitrogen and oxygen atoms in total. The van der Waals surface area contributed by atoms with Gasteiger partial charge < -0.3 is 10.1 Å². The third kappa shape index (κ3) is 4.01. The largest absolute Gasteiger partial charge is 0.496 e. The second-order valence-corrected chi connectivity index (χ2v) is 8.60. The lowest BCUT2D eigenvalue weighted by molar-refractivity contribution is -0.123. The molecule has 0 aliphatic carbocycles. The topological polar surface area (TPSA) is 114 Å². The lowest BCUT2D eigenvalue weighted by Crippen LogP contribution is -2.41. The van der Waals surface area contributed by atoms with Crippen LogP contribution in [0.2, 0.25) is 0 Å². The molecule has 1 aliphatic heterocycles. The van der Waals surface area contributed by atoms with Crippen molar-refractivity contribution in [3.8, 4) is 18.1 Å². The Hall–Kier alpha value is -3.35. The number of benzene rings is 2. The van der Waals surface area contributed by atoms with Gasteiger partial charge in [-0.15, -0.1) is 12.3 Å². The van der Waals surface area contributed by atoms with Crippen LogP contribution in [0.4, 0.5) is 4.79 Å². The highest BCUT2D eigenvalue weighted by Crippen LogP contribution is 2.34. The molecule has 30 heavy (non-hydrogen) atoms. The molecule has 3 amide bonds. The smallest absolute Gasteiger partial charge is 0.322 e. The average Bonchev–Trinajstić information content (AvgIpc) is 3.00. The zero-order valence-electron chi connectivity index (χ0n) is 16.4. The van der Waals surface area contributed by atoms with Gasteiger partial charge in [0.15, 0.2) is 0 Å². The summed E-state index contributed by atoms with van der Waals surface area (Å²) in [6, 6.07) is 11.8. The minimum absolute atomic E-state index is 0.0913. The summed E-state index contributed by atoms with van der Waals surface area (Å²) in [6.07, 6.45) is 5.58. The molecular formula is C21H21N3O5S. The maximum absolute atomic E-state index is 13.1. The van der Waals surface area contributed by atoms with Crippen LogP contribution in [0, 0.1) is 12.3 Å². The first kappa shape index (κ1) is 21.4. The van der Waals surface area contributed by atoms with Gasteiger partial charge in [0.25, 0.3) is 5.91 Å². The van der Waals surface area contributed by atoms with Gasteiger partial charge in [0.05, 0.1) is 18.0 Å². The standard InChI is InChI=1S/C21H21N3O5S/c1-4-8-17(14-9-6-5-7-10-14)24-30(27,28)15-11-12-18(29-3)16(13-15)21(2)19(25)22-20(26)23-21/h1,5-7,9-13,17,24H,8H2,2-3H3,(H2,22,23,25,26). The van der Waals surface area contributed by atoms with Gasteiger partial charge in [0.1, 0.15) is 11.3 Å². The van der Waals surface area contributed by atoms with Crippen LogP contribution in [-0.2, 0) is 20.4 Å². The molecule has 1 heterocycles. The predicted molar refractivity (Wildman–Crippen MR) is 110 cm³/mol. The number of imide groups is 1. The fraction of sp³-hybridized carbons (Fsp3) is 0.238. The predicted octanol–water partition coefficient (Wildman–Crippen LogP) is 1.79. The molecule has 0 radical (unpaired) electrons. The third-order valence-electron chi connectivity index (χ3n) is 4.89. The summed E-state index contributed by atoms with van der Waals surface area (Å²) < 4.78 is 34.1. The van der Waals surface area contributed by atoms with Crippen molar-refractivity contribution in [1.29, 1.82) is 0 Å². The lowest BCUT2D eigenvalue weighted by Gasteiger charge is -2.24. The number of amides is 3. The van der Waals surface area contributed by atoms with Crippen molar-refractivity contribution in [3.05, 3.63) is 59.7 Å². The van der Waals surface area contributed by atoms with Gasteiger partial charge in [-0.05, 0) is 30.7 Å². The molecule has 0 spiro atoms. The summed E-state index contributed by atoms with van der Waals surface area (Å²) in [5.74, 6) is 2.14. The molecule has 2 aromatic rings. The Morgan fingerprint density at radius 3 is 2.47 bits per heavy atom. The fourth-order valence-corrected chi connectivity index (χ4v) is 4.51. The minimum Gasteiger partial charge on any atom is -0.496 e. The van der Waals surface area contributed by atoms with Crippen molar-refractivity contribution in [1.82, 2.24) is 15.4 Å². The first-order valence-electron chi connectivity index (χ1n) is 9.04. The molecular weight excluding hydrogens is 406 g/mol. The summed E-state index contributed by atoms with van der Waals surface area (Å²) in [5.41, 5.74) is -0.544. The lowest BCUT2D eigenvalue weighted by atomic mass is 9.91. The molecule has 0 saturated carbocycles. The highest BCUT2D eigenvalue weighted by molar-refractivity contribution is 7.89. The van der Waals surface area contributed by atoms with E-state index in [1.807, 2.05) is 6.07 Å². The van der Waals surface area contributed by atoms with E-state index in [1.54, 1.807) is 24.3 Å². The van der Waals surface area contributed by atoms with Gasteiger partial charge in [-0.25, -0.2) is 17.9 Å². The average molecular weight is 427 g/mol. The SMILES string of the molecule is C#CCC(NS(=O)(=O)c1ccc(OC)c(C2(C)NC(=O)NC2=O)c1)c1ccccc1. The number of nitrogens with one attached hydrogen (secondary N) is 3. The number of hydrogen-bond acceptors (Lipinski definition) is 5. The van der Waals surface area contributed by atoms with Gasteiger partial charge in [-0.2, -0.15) is 0 Å². The number of carbonyl (C=O) groups excluding carboxylic acids is 2. The van der Waals surface area contributed by atoms with Crippen molar-refractivity contribution < 1.29 is 22.7 Å². The molecule has 2 unspecified atom stereocenters. The molecule has 1 fully saturated rings. The second-order valence-electron chi connectivity index (χ2n) is 6.89. The van der Waals surface area contributed by atoms with Gasteiger partial charge in [0, 0.05) is 12.0 Å². The Kier molecular flexibility index (Phi) is 5.82. The van der Waals surface area contributed by atoms with E-state index in [2.05, 4.69) is 21.3 Å². The monoisotopic (exact) mass is 427 g/mol. The number of rotatable bonds is 7. The molecule has 1 saturated heterocycles. The molecule has 2 atom stereocenters. The molecule has 1 aliphatic rings. The van der Waals surface area contributed by atoms with E-state index in [9.17, 15) is 18.0 Å². The number of terminal acetylenes is 1. The second kappa shape index (κ2) is 8.18. The zero-order valence-corrected chi connectivity index (χ0v) is 17.2. The number of urea groups is 1. The summed E-state index contributed by atoms with van der Waals surface area (Å²) in [7, 11) is -2.62. The third-order valence-corrected chi connectivity index (χ3v) is 6.36. The molecule has 0 bridgehead atoms. The highest BCUT2D eigenvalue weighted by atomic mass is 32.2. The van der Waals surface area contributed by atoms with Crippen LogP contribution in [-0.4, -0.2) is 27.5 Å². The van der Waals surface area contributed by atoms with Crippen molar-refractivity contribution in [2.45, 2.75) is 29.8 Å². The molecule has 3 N–H and O–H groups in total.